The molecule has 0 spiro atoms. The molecule has 0 unspecified atom stereocenters. The molecule has 1 rings (SSSR count). The summed E-state index contributed by atoms with van der Waals surface area (Å²) in [6.45, 7) is 7.10. The van der Waals surface area contributed by atoms with Gasteiger partial charge in [-0.2, -0.15) is 9.97 Å². The highest BCUT2D eigenvalue weighted by molar-refractivity contribution is 5.34. The maximum atomic E-state index is 5.58. The second-order valence-corrected chi connectivity index (χ2v) is 3.55. The van der Waals surface area contributed by atoms with E-state index in [4.69, 9.17) is 15.2 Å². The van der Waals surface area contributed by atoms with Crippen molar-refractivity contribution in [3.8, 4) is 11.9 Å². The highest BCUT2D eigenvalue weighted by atomic mass is 16.5. The minimum absolute atomic E-state index is 0.260. The Hall–Kier alpha value is -1.52. The van der Waals surface area contributed by atoms with Crippen LogP contribution in [0.15, 0.2) is 6.07 Å². The second-order valence-electron chi connectivity index (χ2n) is 3.55. The molecule has 0 saturated carbocycles. The molecule has 0 fully saturated rings. The predicted octanol–water partition coefficient (Wildman–Crippen LogP) is 1.49. The van der Waals surface area contributed by atoms with Crippen LogP contribution in [0.5, 0.6) is 11.9 Å². The second kappa shape index (κ2) is 5.38. The van der Waals surface area contributed by atoms with E-state index >= 15 is 0 Å². The normalized spacial score (nSPS) is 10.4. The molecule has 0 aliphatic carbocycles. The number of nitrogen functional groups attached to an aromatic ring is 1. The Kier molecular flexibility index (Phi) is 4.15. The Morgan fingerprint density at radius 3 is 2.67 bits per heavy atom. The van der Waals surface area contributed by atoms with Crippen LogP contribution in [0.3, 0.4) is 0 Å². The number of rotatable bonds is 5. The van der Waals surface area contributed by atoms with Gasteiger partial charge in [-0.05, 0) is 12.8 Å². The van der Waals surface area contributed by atoms with E-state index in [2.05, 4.69) is 23.8 Å². The van der Waals surface area contributed by atoms with Gasteiger partial charge in [0.25, 0.3) is 0 Å². The van der Waals surface area contributed by atoms with E-state index in [9.17, 15) is 0 Å². The summed E-state index contributed by atoms with van der Waals surface area (Å²) < 4.78 is 10.6. The van der Waals surface area contributed by atoms with Crippen LogP contribution in [-0.2, 0) is 0 Å². The number of hydrogen-bond acceptors (Lipinski definition) is 5. The van der Waals surface area contributed by atoms with Gasteiger partial charge in [-0.25, -0.2) is 0 Å². The third kappa shape index (κ3) is 4.01. The minimum atomic E-state index is 0.260. The summed E-state index contributed by atoms with van der Waals surface area (Å²) in [6.07, 6.45) is 0. The van der Waals surface area contributed by atoms with Gasteiger partial charge in [-0.1, -0.05) is 13.8 Å². The predicted molar refractivity (Wildman–Crippen MR) is 57.9 cm³/mol. The van der Waals surface area contributed by atoms with Crippen LogP contribution in [0, 0.1) is 5.92 Å². The first-order chi connectivity index (χ1) is 7.11. The van der Waals surface area contributed by atoms with Crippen molar-refractivity contribution in [2.75, 3.05) is 18.9 Å². The third-order valence-electron chi connectivity index (χ3n) is 1.54. The molecule has 5 heteroatoms. The Bertz CT molecular complexity index is 316. The summed E-state index contributed by atoms with van der Waals surface area (Å²) in [6, 6.07) is 1.85. The minimum Gasteiger partial charge on any atom is -0.477 e. The first-order valence-electron chi connectivity index (χ1n) is 5.02. The van der Waals surface area contributed by atoms with Gasteiger partial charge < -0.3 is 15.2 Å². The molecule has 5 nitrogen and oxygen atoms in total. The molecule has 0 aromatic carbocycles. The van der Waals surface area contributed by atoms with Crippen molar-refractivity contribution < 1.29 is 9.47 Å². The smallest absolute Gasteiger partial charge is 0.321 e. The molecule has 2 N–H and O–H groups in total. The summed E-state index contributed by atoms with van der Waals surface area (Å²) in [7, 11) is 0. The van der Waals surface area contributed by atoms with E-state index in [1.807, 2.05) is 6.92 Å². The Labute approximate surface area is 89.6 Å². The molecule has 1 aromatic rings. The molecule has 0 radical (unpaired) electrons. The monoisotopic (exact) mass is 211 g/mol. The van der Waals surface area contributed by atoms with Gasteiger partial charge >= 0.3 is 6.01 Å². The molecule has 0 saturated heterocycles. The Morgan fingerprint density at radius 2 is 2.07 bits per heavy atom. The fourth-order valence-corrected chi connectivity index (χ4v) is 0.940. The lowest BCUT2D eigenvalue weighted by Gasteiger charge is -2.09. The topological polar surface area (TPSA) is 70.3 Å². The lowest BCUT2D eigenvalue weighted by Crippen LogP contribution is -2.08. The SMILES string of the molecule is CCOc1nc(N)cc(OCC(C)C)n1. The van der Waals surface area contributed by atoms with Crippen molar-refractivity contribution in [3.05, 3.63) is 6.07 Å². The van der Waals surface area contributed by atoms with E-state index in [0.29, 0.717) is 30.8 Å². The van der Waals surface area contributed by atoms with Crippen LogP contribution in [0.25, 0.3) is 0 Å². The first kappa shape index (κ1) is 11.6. The zero-order chi connectivity index (χ0) is 11.3. The van der Waals surface area contributed by atoms with Crippen LogP contribution in [0.1, 0.15) is 20.8 Å². The van der Waals surface area contributed by atoms with Gasteiger partial charge in [-0.3, -0.25) is 0 Å². The van der Waals surface area contributed by atoms with Gasteiger partial charge in [0.1, 0.15) is 5.82 Å². The van der Waals surface area contributed by atoms with E-state index in [-0.39, 0.29) is 6.01 Å². The zero-order valence-electron chi connectivity index (χ0n) is 9.36. The maximum absolute atomic E-state index is 5.58. The van der Waals surface area contributed by atoms with Gasteiger partial charge in [0.15, 0.2) is 0 Å². The molecule has 0 atom stereocenters. The summed E-state index contributed by atoms with van der Waals surface area (Å²) in [5.41, 5.74) is 5.58. The van der Waals surface area contributed by atoms with Crippen molar-refractivity contribution >= 4 is 5.82 Å². The van der Waals surface area contributed by atoms with Gasteiger partial charge in [0, 0.05) is 6.07 Å². The molecule has 0 aliphatic rings. The van der Waals surface area contributed by atoms with E-state index in [1.165, 1.54) is 0 Å². The van der Waals surface area contributed by atoms with Crippen molar-refractivity contribution in [2.24, 2.45) is 5.92 Å². The Balaban J connectivity index is 2.70. The van der Waals surface area contributed by atoms with E-state index in [1.54, 1.807) is 6.07 Å². The molecule has 0 amide bonds. The van der Waals surface area contributed by atoms with Crippen LogP contribution >= 0.6 is 0 Å². The van der Waals surface area contributed by atoms with Crippen LogP contribution in [0.4, 0.5) is 5.82 Å². The average Bonchev–Trinajstić information content (AvgIpc) is 2.14. The van der Waals surface area contributed by atoms with Crippen LogP contribution < -0.4 is 15.2 Å². The fraction of sp³-hybridized carbons (Fsp3) is 0.600. The molecule has 0 aliphatic heterocycles. The van der Waals surface area contributed by atoms with Gasteiger partial charge in [0.2, 0.25) is 5.88 Å². The van der Waals surface area contributed by atoms with Gasteiger partial charge in [-0.15, -0.1) is 0 Å². The largest absolute Gasteiger partial charge is 0.477 e. The summed E-state index contributed by atoms with van der Waals surface area (Å²) in [5, 5.41) is 0. The standard InChI is InChI=1S/C10H17N3O2/c1-4-14-10-12-8(11)5-9(13-10)15-6-7(2)3/h5,7H,4,6H2,1-3H3,(H2,11,12,13). The number of ether oxygens (including phenoxy) is 2. The number of nitrogens with zero attached hydrogens (tertiary/aromatic N) is 2. The van der Waals surface area contributed by atoms with Crippen molar-refractivity contribution in [2.45, 2.75) is 20.8 Å². The molecular formula is C10H17N3O2. The lowest BCUT2D eigenvalue weighted by atomic mass is 10.2. The Morgan fingerprint density at radius 1 is 1.33 bits per heavy atom. The van der Waals surface area contributed by atoms with Crippen molar-refractivity contribution in [3.63, 3.8) is 0 Å². The molecule has 84 valence electrons. The summed E-state index contributed by atoms with van der Waals surface area (Å²) in [5.74, 6) is 1.25. The van der Waals surface area contributed by atoms with E-state index in [0.717, 1.165) is 0 Å². The van der Waals surface area contributed by atoms with Crippen molar-refractivity contribution in [1.29, 1.82) is 0 Å². The van der Waals surface area contributed by atoms with E-state index < -0.39 is 0 Å². The summed E-state index contributed by atoms with van der Waals surface area (Å²) in [4.78, 5) is 7.97. The zero-order valence-corrected chi connectivity index (χ0v) is 9.36. The molecule has 0 bridgehead atoms. The van der Waals surface area contributed by atoms with Crippen LogP contribution in [0.2, 0.25) is 0 Å². The number of nitrogens with two attached hydrogens (primary N) is 1. The molecule has 15 heavy (non-hydrogen) atoms. The quantitative estimate of drug-likeness (QED) is 0.799. The number of hydrogen-bond donors (Lipinski definition) is 1. The maximum Gasteiger partial charge on any atom is 0.321 e. The van der Waals surface area contributed by atoms with Crippen molar-refractivity contribution in [1.82, 2.24) is 9.97 Å². The summed E-state index contributed by atoms with van der Waals surface area (Å²) >= 11 is 0. The third-order valence-corrected chi connectivity index (χ3v) is 1.54. The number of anilines is 1. The van der Waals surface area contributed by atoms with Gasteiger partial charge in [0.05, 0.1) is 13.2 Å². The lowest BCUT2D eigenvalue weighted by molar-refractivity contribution is 0.251. The fourth-order valence-electron chi connectivity index (χ4n) is 0.940. The molecule has 1 heterocycles. The first-order valence-corrected chi connectivity index (χ1v) is 5.02. The highest BCUT2D eigenvalue weighted by Crippen LogP contribution is 2.15. The number of aromatic nitrogens is 2. The van der Waals surface area contributed by atoms with Crippen LogP contribution in [-0.4, -0.2) is 23.2 Å². The molecule has 1 aromatic heterocycles. The highest BCUT2D eigenvalue weighted by Gasteiger charge is 2.04. The molecular weight excluding hydrogens is 194 g/mol. The average molecular weight is 211 g/mol.